The molecule has 0 radical (unpaired) electrons. The van der Waals surface area contributed by atoms with Crippen LogP contribution in [0, 0.1) is 5.92 Å². The Balaban J connectivity index is 1.72. The molecule has 0 aromatic heterocycles. The van der Waals surface area contributed by atoms with Crippen LogP contribution >= 0.6 is 0 Å². The van der Waals surface area contributed by atoms with Crippen LogP contribution in [0.25, 0.3) is 0 Å². The van der Waals surface area contributed by atoms with Crippen molar-refractivity contribution in [1.29, 1.82) is 0 Å². The molecule has 6 nitrogen and oxygen atoms in total. The monoisotopic (exact) mass is 239 g/mol. The number of rotatable bonds is 3. The van der Waals surface area contributed by atoms with E-state index in [1.165, 1.54) is 4.90 Å². The molecule has 1 heterocycles. The number of hydrogen-bond donors (Lipinski definition) is 2. The largest absolute Gasteiger partial charge is 0.356 e. The van der Waals surface area contributed by atoms with Gasteiger partial charge in [-0.05, 0) is 19.8 Å². The molecule has 94 valence electrons. The number of likely N-dealkylation sites (tertiary alicyclic amines) is 1. The zero-order chi connectivity index (χ0) is 12.4. The first-order valence-electron chi connectivity index (χ1n) is 5.99. The van der Waals surface area contributed by atoms with Gasteiger partial charge in [0, 0.05) is 25.7 Å². The maximum atomic E-state index is 11.6. The Kier molecular flexibility index (Phi) is 3.31. The molecule has 0 spiro atoms. The van der Waals surface area contributed by atoms with Crippen LogP contribution in [0.1, 0.15) is 19.8 Å². The second-order valence-electron chi connectivity index (χ2n) is 4.55. The molecule has 6 heteroatoms. The minimum atomic E-state index is -0.540. The van der Waals surface area contributed by atoms with Crippen molar-refractivity contribution >= 4 is 17.7 Å². The number of amides is 3. The zero-order valence-corrected chi connectivity index (χ0v) is 9.86. The van der Waals surface area contributed by atoms with Gasteiger partial charge in [-0.15, -0.1) is 0 Å². The second kappa shape index (κ2) is 4.73. The van der Waals surface area contributed by atoms with Gasteiger partial charge in [0.25, 0.3) is 0 Å². The van der Waals surface area contributed by atoms with E-state index in [1.54, 1.807) is 0 Å². The molecule has 1 aliphatic heterocycles. The first-order valence-corrected chi connectivity index (χ1v) is 5.99. The van der Waals surface area contributed by atoms with Crippen molar-refractivity contribution in [3.63, 3.8) is 0 Å². The van der Waals surface area contributed by atoms with Crippen molar-refractivity contribution in [2.24, 2.45) is 5.92 Å². The van der Waals surface area contributed by atoms with Crippen molar-refractivity contribution in [2.75, 3.05) is 19.6 Å². The molecule has 2 N–H and O–H groups in total. The topological polar surface area (TPSA) is 78.5 Å². The lowest BCUT2D eigenvalue weighted by Crippen LogP contribution is -2.58. The molecule has 2 fully saturated rings. The van der Waals surface area contributed by atoms with Gasteiger partial charge in [0.1, 0.15) is 0 Å². The summed E-state index contributed by atoms with van der Waals surface area (Å²) in [7, 11) is 0. The summed E-state index contributed by atoms with van der Waals surface area (Å²) in [4.78, 5) is 35.8. The summed E-state index contributed by atoms with van der Waals surface area (Å²) in [5.41, 5.74) is 0. The van der Waals surface area contributed by atoms with Crippen LogP contribution in [0.4, 0.5) is 0 Å². The maximum absolute atomic E-state index is 11.6. The van der Waals surface area contributed by atoms with E-state index >= 15 is 0 Å². The number of carbonyl (C=O) groups is 3. The van der Waals surface area contributed by atoms with Gasteiger partial charge < -0.3 is 15.5 Å². The average Bonchev–Trinajstić information content (AvgIpc) is 2.99. The first kappa shape index (κ1) is 11.9. The van der Waals surface area contributed by atoms with Crippen molar-refractivity contribution in [1.82, 2.24) is 15.5 Å². The third kappa shape index (κ3) is 2.75. The van der Waals surface area contributed by atoms with Gasteiger partial charge >= 0.3 is 11.8 Å². The summed E-state index contributed by atoms with van der Waals surface area (Å²) < 4.78 is 0. The molecule has 0 aromatic rings. The molecule has 2 rings (SSSR count). The highest BCUT2D eigenvalue weighted by molar-refractivity contribution is 6.35. The minimum absolute atomic E-state index is 0.0425. The van der Waals surface area contributed by atoms with Crippen LogP contribution in [0.2, 0.25) is 0 Å². The molecular formula is C11H17N3O3. The second-order valence-corrected chi connectivity index (χ2v) is 4.55. The number of hydrogen-bond acceptors (Lipinski definition) is 3. The highest BCUT2D eigenvalue weighted by Crippen LogP contribution is 2.20. The van der Waals surface area contributed by atoms with E-state index in [0.29, 0.717) is 19.6 Å². The van der Waals surface area contributed by atoms with E-state index in [4.69, 9.17) is 0 Å². The van der Waals surface area contributed by atoms with Gasteiger partial charge in [0.05, 0.1) is 5.92 Å². The average molecular weight is 239 g/mol. The Labute approximate surface area is 99.7 Å². The van der Waals surface area contributed by atoms with Crippen LogP contribution in [-0.4, -0.2) is 48.3 Å². The fraction of sp³-hybridized carbons (Fsp3) is 0.727. The maximum Gasteiger partial charge on any atom is 0.311 e. The van der Waals surface area contributed by atoms with Crippen LogP contribution in [-0.2, 0) is 14.4 Å². The van der Waals surface area contributed by atoms with Crippen molar-refractivity contribution in [2.45, 2.75) is 25.8 Å². The molecule has 17 heavy (non-hydrogen) atoms. The van der Waals surface area contributed by atoms with Gasteiger partial charge in [-0.3, -0.25) is 14.4 Å². The van der Waals surface area contributed by atoms with E-state index in [9.17, 15) is 14.4 Å². The van der Waals surface area contributed by atoms with Gasteiger partial charge in [-0.25, -0.2) is 0 Å². The van der Waals surface area contributed by atoms with Gasteiger partial charge in [-0.2, -0.15) is 0 Å². The lowest BCUT2D eigenvalue weighted by molar-refractivity contribution is -0.152. The van der Waals surface area contributed by atoms with Crippen LogP contribution < -0.4 is 10.6 Å². The number of nitrogens with one attached hydrogen (secondary N) is 2. The Morgan fingerprint density at radius 1 is 1.24 bits per heavy atom. The quantitative estimate of drug-likeness (QED) is 0.611. The summed E-state index contributed by atoms with van der Waals surface area (Å²) in [6.07, 6.45) is 1.92. The van der Waals surface area contributed by atoms with Crippen LogP contribution in [0.3, 0.4) is 0 Å². The smallest absolute Gasteiger partial charge is 0.311 e. The first-order chi connectivity index (χ1) is 8.11. The predicted molar refractivity (Wildman–Crippen MR) is 59.9 cm³/mol. The molecular weight excluding hydrogens is 222 g/mol. The number of nitrogens with zero attached hydrogens (tertiary/aromatic N) is 1. The third-order valence-corrected chi connectivity index (χ3v) is 3.00. The van der Waals surface area contributed by atoms with E-state index in [1.807, 2.05) is 6.92 Å². The van der Waals surface area contributed by atoms with E-state index in [0.717, 1.165) is 12.8 Å². The van der Waals surface area contributed by atoms with E-state index < -0.39 is 11.8 Å². The molecule has 0 atom stereocenters. The van der Waals surface area contributed by atoms with Gasteiger partial charge in [-0.1, -0.05) is 0 Å². The summed E-state index contributed by atoms with van der Waals surface area (Å²) in [6.45, 7) is 3.14. The fourth-order valence-electron chi connectivity index (χ4n) is 1.75. The van der Waals surface area contributed by atoms with Gasteiger partial charge in [0.15, 0.2) is 0 Å². The Bertz CT molecular complexity index is 346. The van der Waals surface area contributed by atoms with Crippen molar-refractivity contribution < 1.29 is 14.4 Å². The normalized spacial score (nSPS) is 19.5. The minimum Gasteiger partial charge on any atom is -0.356 e. The molecule has 0 aromatic carbocycles. The molecule has 2 aliphatic rings. The third-order valence-electron chi connectivity index (χ3n) is 3.00. The van der Waals surface area contributed by atoms with Crippen LogP contribution in [0.15, 0.2) is 0 Å². The highest BCUT2D eigenvalue weighted by atomic mass is 16.2. The van der Waals surface area contributed by atoms with Gasteiger partial charge in [0.2, 0.25) is 5.91 Å². The molecule has 0 unspecified atom stereocenters. The molecule has 1 saturated heterocycles. The summed E-state index contributed by atoms with van der Waals surface area (Å²) in [6, 6.07) is 0.187. The Morgan fingerprint density at radius 2 is 1.88 bits per heavy atom. The van der Waals surface area contributed by atoms with E-state index in [-0.39, 0.29) is 17.9 Å². The summed E-state index contributed by atoms with van der Waals surface area (Å²) in [5.74, 6) is -1.26. The van der Waals surface area contributed by atoms with E-state index in [2.05, 4.69) is 10.6 Å². The fourth-order valence-corrected chi connectivity index (χ4v) is 1.75. The molecule has 1 aliphatic carbocycles. The SMILES string of the molecule is CCNC(=O)C1CN(C(=O)C(=O)NC2CC2)C1. The Morgan fingerprint density at radius 3 is 2.41 bits per heavy atom. The molecule has 3 amide bonds. The van der Waals surface area contributed by atoms with Crippen LogP contribution in [0.5, 0.6) is 0 Å². The predicted octanol–water partition coefficient (Wildman–Crippen LogP) is -1.14. The highest BCUT2D eigenvalue weighted by Gasteiger charge is 2.38. The summed E-state index contributed by atoms with van der Waals surface area (Å²) in [5, 5.41) is 5.34. The van der Waals surface area contributed by atoms with Crippen molar-refractivity contribution in [3.05, 3.63) is 0 Å². The molecule has 0 bridgehead atoms. The lowest BCUT2D eigenvalue weighted by atomic mass is 9.99. The summed E-state index contributed by atoms with van der Waals surface area (Å²) >= 11 is 0. The van der Waals surface area contributed by atoms with Crippen molar-refractivity contribution in [3.8, 4) is 0 Å². The number of carbonyl (C=O) groups excluding carboxylic acids is 3. The zero-order valence-electron chi connectivity index (χ0n) is 9.86. The Hall–Kier alpha value is -1.59. The lowest BCUT2D eigenvalue weighted by Gasteiger charge is -2.37. The standard InChI is InChI=1S/C11H17N3O3/c1-2-12-9(15)7-5-14(6-7)11(17)10(16)13-8-3-4-8/h7-8H,2-6H2,1H3,(H,12,15)(H,13,16). The molecule has 1 saturated carbocycles.